The van der Waals surface area contributed by atoms with E-state index in [1.54, 1.807) is 12.3 Å². The van der Waals surface area contributed by atoms with Gasteiger partial charge < -0.3 is 10.6 Å². The minimum absolute atomic E-state index is 0.106. The number of aromatic nitrogens is 1. The van der Waals surface area contributed by atoms with Crippen LogP contribution in [0.15, 0.2) is 36.5 Å². The van der Waals surface area contributed by atoms with Crippen molar-refractivity contribution < 1.29 is 0 Å². The van der Waals surface area contributed by atoms with Gasteiger partial charge in [-0.25, -0.2) is 4.98 Å². The van der Waals surface area contributed by atoms with Crippen LogP contribution in [0.5, 0.6) is 0 Å². The lowest BCUT2D eigenvalue weighted by molar-refractivity contribution is 0.729. The third kappa shape index (κ3) is 3.11. The lowest BCUT2D eigenvalue weighted by Gasteiger charge is -2.27. The van der Waals surface area contributed by atoms with Crippen molar-refractivity contribution in [2.75, 3.05) is 17.7 Å². The van der Waals surface area contributed by atoms with Crippen molar-refractivity contribution in [3.05, 3.63) is 52.1 Å². The molecule has 0 amide bonds. The van der Waals surface area contributed by atoms with Gasteiger partial charge in [-0.2, -0.15) is 0 Å². The topological polar surface area (TPSA) is 42.1 Å². The number of rotatable bonds is 3. The highest BCUT2D eigenvalue weighted by atomic mass is 35.5. The average Bonchev–Trinajstić information content (AvgIpc) is 2.37. The first-order valence-electron chi connectivity index (χ1n) is 5.88. The Labute approximate surface area is 123 Å². The van der Waals surface area contributed by atoms with E-state index >= 15 is 0 Å². The van der Waals surface area contributed by atoms with Crippen LogP contribution in [-0.4, -0.2) is 12.0 Å². The van der Waals surface area contributed by atoms with Crippen LogP contribution in [0.3, 0.4) is 0 Å². The largest absolute Gasteiger partial charge is 0.399 e. The Hall–Kier alpha value is -1.45. The summed E-state index contributed by atoms with van der Waals surface area (Å²) in [5.41, 5.74) is 7.66. The summed E-state index contributed by atoms with van der Waals surface area (Å²) in [6, 6.07) is 9.57. The van der Waals surface area contributed by atoms with E-state index in [0.29, 0.717) is 15.9 Å². The molecule has 0 aliphatic rings. The van der Waals surface area contributed by atoms with Gasteiger partial charge in [-0.3, -0.25) is 0 Å². The summed E-state index contributed by atoms with van der Waals surface area (Å²) in [4.78, 5) is 6.27. The molecule has 2 aromatic rings. The molecule has 0 aliphatic heterocycles. The average molecular weight is 296 g/mol. The Kier molecular flexibility index (Phi) is 4.17. The molecule has 5 heteroatoms. The number of nitrogens with zero attached hydrogens (tertiary/aromatic N) is 2. The number of nitrogens with two attached hydrogens (primary N) is 1. The summed E-state index contributed by atoms with van der Waals surface area (Å²) >= 11 is 12.0. The zero-order valence-electron chi connectivity index (χ0n) is 10.8. The predicted molar refractivity (Wildman–Crippen MR) is 81.9 cm³/mol. The third-order valence-electron chi connectivity index (χ3n) is 3.10. The summed E-state index contributed by atoms with van der Waals surface area (Å²) in [7, 11) is 1.94. The number of halogens is 2. The maximum absolute atomic E-state index is 6.17. The fourth-order valence-corrected chi connectivity index (χ4v) is 2.41. The number of hydrogen-bond acceptors (Lipinski definition) is 3. The fourth-order valence-electron chi connectivity index (χ4n) is 1.89. The molecule has 0 aliphatic carbocycles. The highest BCUT2D eigenvalue weighted by Gasteiger charge is 2.16. The molecule has 1 aromatic heterocycles. The molecule has 0 radical (unpaired) electrons. The van der Waals surface area contributed by atoms with Gasteiger partial charge in [0.05, 0.1) is 16.1 Å². The van der Waals surface area contributed by atoms with Crippen LogP contribution in [0.25, 0.3) is 0 Å². The molecule has 19 heavy (non-hydrogen) atoms. The van der Waals surface area contributed by atoms with Crippen LogP contribution in [0, 0.1) is 0 Å². The maximum Gasteiger partial charge on any atom is 0.147 e. The first-order valence-corrected chi connectivity index (χ1v) is 6.64. The molecule has 1 atom stereocenters. The highest BCUT2D eigenvalue weighted by molar-refractivity contribution is 6.36. The van der Waals surface area contributed by atoms with Crippen molar-refractivity contribution in [1.82, 2.24) is 4.98 Å². The lowest BCUT2D eigenvalue weighted by atomic mass is 10.1. The van der Waals surface area contributed by atoms with E-state index in [2.05, 4.69) is 11.9 Å². The number of benzene rings is 1. The van der Waals surface area contributed by atoms with Gasteiger partial charge in [0.2, 0.25) is 0 Å². The van der Waals surface area contributed by atoms with Gasteiger partial charge >= 0.3 is 0 Å². The van der Waals surface area contributed by atoms with Gasteiger partial charge in [-0.15, -0.1) is 0 Å². The van der Waals surface area contributed by atoms with Gasteiger partial charge in [0.1, 0.15) is 5.82 Å². The monoisotopic (exact) mass is 295 g/mol. The van der Waals surface area contributed by atoms with Crippen LogP contribution in [-0.2, 0) is 0 Å². The zero-order valence-corrected chi connectivity index (χ0v) is 12.3. The number of pyridine rings is 1. The standard InChI is InChI=1S/C14H15Cl2N3/c1-9(10-4-3-5-12(17)6-10)19(2)14-13(16)7-11(15)8-18-14/h3-9H,17H2,1-2H3. The number of hydrogen-bond donors (Lipinski definition) is 1. The van der Waals surface area contributed by atoms with Crippen molar-refractivity contribution in [1.29, 1.82) is 0 Å². The van der Waals surface area contributed by atoms with Crippen molar-refractivity contribution in [2.45, 2.75) is 13.0 Å². The van der Waals surface area contributed by atoms with E-state index in [1.165, 1.54) is 0 Å². The Bertz CT molecular complexity index is 587. The van der Waals surface area contributed by atoms with Gasteiger partial charge in [0.25, 0.3) is 0 Å². The van der Waals surface area contributed by atoms with Crippen molar-refractivity contribution >= 4 is 34.7 Å². The quantitative estimate of drug-likeness (QED) is 0.864. The zero-order chi connectivity index (χ0) is 14.0. The van der Waals surface area contributed by atoms with E-state index in [-0.39, 0.29) is 6.04 Å². The fraction of sp³-hybridized carbons (Fsp3) is 0.214. The molecule has 2 N–H and O–H groups in total. The van der Waals surface area contributed by atoms with Crippen LogP contribution in [0.4, 0.5) is 11.5 Å². The van der Waals surface area contributed by atoms with E-state index in [1.807, 2.05) is 36.2 Å². The second-order valence-electron chi connectivity index (χ2n) is 4.42. The molecule has 0 saturated carbocycles. The molecule has 0 saturated heterocycles. The molecular weight excluding hydrogens is 281 g/mol. The molecule has 0 fully saturated rings. The van der Waals surface area contributed by atoms with Crippen LogP contribution < -0.4 is 10.6 Å². The first kappa shape index (κ1) is 14.0. The molecule has 3 nitrogen and oxygen atoms in total. The highest BCUT2D eigenvalue weighted by Crippen LogP contribution is 2.31. The first-order chi connectivity index (χ1) is 8.99. The van der Waals surface area contributed by atoms with Gasteiger partial charge in [0, 0.05) is 18.9 Å². The summed E-state index contributed by atoms with van der Waals surface area (Å²) in [6.45, 7) is 2.07. The summed E-state index contributed by atoms with van der Waals surface area (Å²) < 4.78 is 0. The van der Waals surface area contributed by atoms with Gasteiger partial charge in [-0.05, 0) is 30.7 Å². The smallest absolute Gasteiger partial charge is 0.147 e. The summed E-state index contributed by atoms with van der Waals surface area (Å²) in [6.07, 6.45) is 1.59. The minimum Gasteiger partial charge on any atom is -0.399 e. The molecule has 0 bridgehead atoms. The number of nitrogen functional groups attached to an aromatic ring is 1. The number of anilines is 2. The molecule has 1 heterocycles. The molecule has 2 rings (SSSR count). The normalized spacial score (nSPS) is 12.2. The summed E-state index contributed by atoms with van der Waals surface area (Å²) in [5.74, 6) is 0.695. The van der Waals surface area contributed by atoms with Gasteiger partial charge in [-0.1, -0.05) is 35.3 Å². The van der Waals surface area contributed by atoms with Crippen molar-refractivity contribution in [3.63, 3.8) is 0 Å². The Morgan fingerprint density at radius 2 is 2.00 bits per heavy atom. The Morgan fingerprint density at radius 3 is 2.63 bits per heavy atom. The molecule has 1 aromatic carbocycles. The van der Waals surface area contributed by atoms with Crippen LogP contribution >= 0.6 is 23.2 Å². The maximum atomic E-state index is 6.17. The molecular formula is C14H15Cl2N3. The second kappa shape index (κ2) is 5.68. The third-order valence-corrected chi connectivity index (χ3v) is 3.58. The van der Waals surface area contributed by atoms with Gasteiger partial charge in [0.15, 0.2) is 0 Å². The summed E-state index contributed by atoms with van der Waals surface area (Å²) in [5, 5.41) is 1.06. The SMILES string of the molecule is CC(c1cccc(N)c1)N(C)c1ncc(Cl)cc1Cl. The Balaban J connectivity index is 2.30. The van der Waals surface area contributed by atoms with Crippen molar-refractivity contribution in [2.24, 2.45) is 0 Å². The molecule has 1 unspecified atom stereocenters. The van der Waals surface area contributed by atoms with Crippen LogP contribution in [0.1, 0.15) is 18.5 Å². The van der Waals surface area contributed by atoms with E-state index in [9.17, 15) is 0 Å². The molecule has 100 valence electrons. The van der Waals surface area contributed by atoms with E-state index < -0.39 is 0 Å². The molecule has 0 spiro atoms. The van der Waals surface area contributed by atoms with Crippen molar-refractivity contribution in [3.8, 4) is 0 Å². The lowest BCUT2D eigenvalue weighted by Crippen LogP contribution is -2.23. The Morgan fingerprint density at radius 1 is 1.26 bits per heavy atom. The van der Waals surface area contributed by atoms with Crippen LogP contribution in [0.2, 0.25) is 10.0 Å². The minimum atomic E-state index is 0.106. The van der Waals surface area contributed by atoms with E-state index in [4.69, 9.17) is 28.9 Å². The second-order valence-corrected chi connectivity index (χ2v) is 5.26. The predicted octanol–water partition coefficient (Wildman–Crippen LogP) is 4.17. The van der Waals surface area contributed by atoms with E-state index in [0.717, 1.165) is 11.3 Å².